The molecule has 0 saturated carbocycles. The fraction of sp³-hybridized carbons (Fsp3) is 0.385. The molecule has 0 bridgehead atoms. The summed E-state index contributed by atoms with van der Waals surface area (Å²) in [5.74, 6) is -0.842. The topological polar surface area (TPSA) is 34.1 Å². The van der Waals surface area contributed by atoms with Crippen molar-refractivity contribution in [3.05, 3.63) is 34.1 Å². The molecule has 0 heterocycles. The summed E-state index contributed by atoms with van der Waals surface area (Å²) in [6.07, 6.45) is -0.159. The van der Waals surface area contributed by atoms with Crippen molar-refractivity contribution in [3.8, 4) is 0 Å². The zero-order valence-electron chi connectivity index (χ0n) is 10.0. The first-order valence-electron chi connectivity index (χ1n) is 5.23. The highest BCUT2D eigenvalue weighted by atomic mass is 79.9. The summed E-state index contributed by atoms with van der Waals surface area (Å²) in [6, 6.07) is 3.81. The number of halogens is 2. The van der Waals surface area contributed by atoms with E-state index in [2.05, 4.69) is 15.9 Å². The highest BCUT2D eigenvalue weighted by Gasteiger charge is 2.24. The molecule has 17 heavy (non-hydrogen) atoms. The molecule has 0 unspecified atom stereocenters. The number of carbonyl (C=O) groups excluding carboxylic acids is 2. The zero-order chi connectivity index (χ0) is 13.2. The van der Waals surface area contributed by atoms with Crippen molar-refractivity contribution in [1.82, 2.24) is 0 Å². The smallest absolute Gasteiger partial charge is 0.171 e. The van der Waals surface area contributed by atoms with Gasteiger partial charge in [0.05, 0.1) is 6.42 Å². The minimum Gasteiger partial charge on any atom is -0.299 e. The lowest BCUT2D eigenvalue weighted by atomic mass is 9.87. The van der Waals surface area contributed by atoms with E-state index < -0.39 is 11.2 Å². The van der Waals surface area contributed by atoms with Crippen LogP contribution in [0.25, 0.3) is 0 Å². The third kappa shape index (κ3) is 3.73. The molecule has 0 atom stereocenters. The van der Waals surface area contributed by atoms with Gasteiger partial charge in [0.25, 0.3) is 0 Å². The molecule has 0 fully saturated rings. The maximum Gasteiger partial charge on any atom is 0.171 e. The molecule has 0 amide bonds. The standard InChI is InChI=1S/C13H14BrFO2/c1-13(2,3)12(17)7-11(16)9-5-4-8(15)6-10(9)14/h4-6H,7H2,1-3H3. The van der Waals surface area contributed by atoms with Crippen molar-refractivity contribution in [3.63, 3.8) is 0 Å². The molecule has 0 aliphatic carbocycles. The molecule has 0 radical (unpaired) electrons. The predicted molar refractivity (Wildman–Crippen MR) is 67.5 cm³/mol. The van der Waals surface area contributed by atoms with Crippen molar-refractivity contribution in [1.29, 1.82) is 0 Å². The second-order valence-electron chi connectivity index (χ2n) is 4.90. The zero-order valence-corrected chi connectivity index (χ0v) is 11.6. The van der Waals surface area contributed by atoms with Crippen LogP contribution in [0, 0.1) is 11.2 Å². The third-order valence-corrected chi connectivity index (χ3v) is 3.05. The van der Waals surface area contributed by atoms with Gasteiger partial charge in [0.15, 0.2) is 5.78 Å². The number of ketones is 2. The maximum absolute atomic E-state index is 12.9. The first kappa shape index (κ1) is 14.0. The van der Waals surface area contributed by atoms with Crippen LogP contribution in [-0.4, -0.2) is 11.6 Å². The van der Waals surface area contributed by atoms with Crippen molar-refractivity contribution in [2.45, 2.75) is 27.2 Å². The molecule has 0 spiro atoms. The predicted octanol–water partition coefficient (Wildman–Crippen LogP) is 3.78. The molecule has 4 heteroatoms. The van der Waals surface area contributed by atoms with Gasteiger partial charge in [0.1, 0.15) is 11.6 Å². The van der Waals surface area contributed by atoms with Crippen LogP contribution < -0.4 is 0 Å². The van der Waals surface area contributed by atoms with E-state index in [4.69, 9.17) is 0 Å². The highest BCUT2D eigenvalue weighted by Crippen LogP contribution is 2.22. The second-order valence-corrected chi connectivity index (χ2v) is 5.75. The van der Waals surface area contributed by atoms with Crippen molar-refractivity contribution >= 4 is 27.5 Å². The van der Waals surface area contributed by atoms with Crippen molar-refractivity contribution in [2.75, 3.05) is 0 Å². The molecule has 0 aliphatic heterocycles. The van der Waals surface area contributed by atoms with E-state index >= 15 is 0 Å². The highest BCUT2D eigenvalue weighted by molar-refractivity contribution is 9.10. The first-order chi connectivity index (χ1) is 7.71. The second kappa shape index (κ2) is 5.08. The lowest BCUT2D eigenvalue weighted by molar-refractivity contribution is -0.125. The van der Waals surface area contributed by atoms with Gasteiger partial charge >= 0.3 is 0 Å². The van der Waals surface area contributed by atoms with Crippen molar-refractivity contribution < 1.29 is 14.0 Å². The average Bonchev–Trinajstić information content (AvgIpc) is 2.15. The Balaban J connectivity index is 2.88. The lowest BCUT2D eigenvalue weighted by Gasteiger charge is -2.15. The lowest BCUT2D eigenvalue weighted by Crippen LogP contribution is -2.23. The number of carbonyl (C=O) groups is 2. The molecule has 1 aromatic carbocycles. The van der Waals surface area contributed by atoms with Gasteiger partial charge in [-0.2, -0.15) is 0 Å². The van der Waals surface area contributed by atoms with Gasteiger partial charge in [-0.3, -0.25) is 9.59 Å². The van der Waals surface area contributed by atoms with Crippen LogP contribution in [-0.2, 0) is 4.79 Å². The monoisotopic (exact) mass is 300 g/mol. The number of hydrogen-bond acceptors (Lipinski definition) is 2. The van der Waals surface area contributed by atoms with E-state index in [9.17, 15) is 14.0 Å². The van der Waals surface area contributed by atoms with Crippen LogP contribution in [0.5, 0.6) is 0 Å². The summed E-state index contributed by atoms with van der Waals surface area (Å²) in [5.41, 5.74) is -0.202. The maximum atomic E-state index is 12.9. The Kier molecular flexibility index (Phi) is 4.20. The van der Waals surface area contributed by atoms with E-state index in [-0.39, 0.29) is 18.0 Å². The Bertz CT molecular complexity index is 461. The Hall–Kier alpha value is -1.03. The molecule has 0 aromatic heterocycles. The number of hydrogen-bond donors (Lipinski definition) is 0. The van der Waals surface area contributed by atoms with E-state index in [1.54, 1.807) is 20.8 Å². The van der Waals surface area contributed by atoms with Crippen LogP contribution in [0.3, 0.4) is 0 Å². The first-order valence-corrected chi connectivity index (χ1v) is 6.02. The van der Waals surface area contributed by atoms with Crippen molar-refractivity contribution in [2.24, 2.45) is 5.41 Å². The fourth-order valence-corrected chi connectivity index (χ4v) is 1.79. The number of Topliss-reactive ketones (excluding diaryl/α,β-unsaturated/α-hetero) is 2. The number of benzene rings is 1. The van der Waals surface area contributed by atoms with Crippen LogP contribution in [0.15, 0.2) is 22.7 Å². The summed E-state index contributed by atoms with van der Waals surface area (Å²) in [4.78, 5) is 23.6. The molecule has 1 rings (SSSR count). The molecule has 0 aliphatic rings. The molecule has 1 aromatic rings. The largest absolute Gasteiger partial charge is 0.299 e. The van der Waals surface area contributed by atoms with Crippen LogP contribution in [0.1, 0.15) is 37.6 Å². The van der Waals surface area contributed by atoms with Crippen LogP contribution in [0.4, 0.5) is 4.39 Å². The molecular formula is C13H14BrFO2. The van der Waals surface area contributed by atoms with Gasteiger partial charge in [-0.05, 0) is 34.1 Å². The van der Waals surface area contributed by atoms with Gasteiger partial charge in [0, 0.05) is 15.5 Å². The minimum atomic E-state index is -0.540. The van der Waals surface area contributed by atoms with Crippen LogP contribution in [0.2, 0.25) is 0 Å². The quantitative estimate of drug-likeness (QED) is 0.629. The van der Waals surface area contributed by atoms with E-state index in [1.807, 2.05) is 0 Å². The minimum absolute atomic E-state index is 0.126. The molecular weight excluding hydrogens is 287 g/mol. The fourth-order valence-electron chi connectivity index (χ4n) is 1.22. The molecule has 0 N–H and O–H groups in total. The summed E-state index contributed by atoms with van der Waals surface area (Å²) in [6.45, 7) is 5.30. The average molecular weight is 301 g/mol. The van der Waals surface area contributed by atoms with E-state index in [0.717, 1.165) is 0 Å². The molecule has 0 saturated heterocycles. The summed E-state index contributed by atoms with van der Waals surface area (Å²) in [5, 5.41) is 0. The van der Waals surface area contributed by atoms with Gasteiger partial charge in [-0.15, -0.1) is 0 Å². The summed E-state index contributed by atoms with van der Waals surface area (Å²) in [7, 11) is 0. The normalized spacial score (nSPS) is 11.4. The Morgan fingerprint density at radius 3 is 2.35 bits per heavy atom. The third-order valence-electron chi connectivity index (χ3n) is 2.39. The molecule has 92 valence electrons. The summed E-state index contributed by atoms with van der Waals surface area (Å²) >= 11 is 3.12. The van der Waals surface area contributed by atoms with E-state index in [1.165, 1.54) is 18.2 Å². The Labute approximate surface area is 108 Å². The van der Waals surface area contributed by atoms with Gasteiger partial charge in [0.2, 0.25) is 0 Å². The Morgan fingerprint density at radius 2 is 1.88 bits per heavy atom. The Morgan fingerprint density at radius 1 is 1.29 bits per heavy atom. The van der Waals surface area contributed by atoms with Crippen LogP contribution >= 0.6 is 15.9 Å². The number of rotatable bonds is 3. The summed E-state index contributed by atoms with van der Waals surface area (Å²) < 4.78 is 13.2. The van der Waals surface area contributed by atoms with Gasteiger partial charge < -0.3 is 0 Å². The molecule has 2 nitrogen and oxygen atoms in total. The SMILES string of the molecule is CC(C)(C)C(=O)CC(=O)c1ccc(F)cc1Br. The van der Waals surface area contributed by atoms with E-state index in [0.29, 0.717) is 10.0 Å². The van der Waals surface area contributed by atoms with Gasteiger partial charge in [-0.25, -0.2) is 4.39 Å². The van der Waals surface area contributed by atoms with Gasteiger partial charge in [-0.1, -0.05) is 20.8 Å².